The smallest absolute Gasteiger partial charge is 0.352 e. The first kappa shape index (κ1) is 18.2. The number of ether oxygens (including phenoxy) is 2. The minimum atomic E-state index is -1.03. The molecule has 1 N–H and O–H groups in total. The number of carboxylic acids is 1. The quantitative estimate of drug-likeness (QED) is 0.824. The molecular weight excluding hydrogens is 346 g/mol. The fourth-order valence-corrected chi connectivity index (χ4v) is 2.51. The number of rotatable bonds is 1. The molecule has 1 aromatic heterocycles. The normalized spacial score (nSPS) is 25.4. The summed E-state index contributed by atoms with van der Waals surface area (Å²) in [6, 6.07) is 3.71. The Bertz CT molecular complexity index is 853. The molecule has 0 aromatic carbocycles. The van der Waals surface area contributed by atoms with Crippen LogP contribution >= 0.6 is 0 Å². The summed E-state index contributed by atoms with van der Waals surface area (Å²) < 4.78 is 11.1. The van der Waals surface area contributed by atoms with Crippen LogP contribution in [0.2, 0.25) is 0 Å². The maximum absolute atomic E-state index is 11.5. The fourth-order valence-electron chi connectivity index (χ4n) is 2.51. The number of aliphatic imine (C=N–C) groups is 1. The summed E-state index contributed by atoms with van der Waals surface area (Å²) in [6.45, 7) is 0.731. The highest BCUT2D eigenvalue weighted by Crippen LogP contribution is 2.23. The summed E-state index contributed by atoms with van der Waals surface area (Å²) in [5, 5.41) is 9.41. The van der Waals surface area contributed by atoms with Crippen LogP contribution < -0.4 is 4.74 Å². The van der Waals surface area contributed by atoms with Gasteiger partial charge >= 0.3 is 5.97 Å². The highest BCUT2D eigenvalue weighted by molar-refractivity contribution is 5.86. The number of hydrogen-bond acceptors (Lipinski definition) is 6. The Hall–Kier alpha value is -3.61. The maximum Gasteiger partial charge on any atom is 0.352 e. The van der Waals surface area contributed by atoms with Crippen LogP contribution in [0.15, 0.2) is 77.9 Å². The van der Waals surface area contributed by atoms with Crippen LogP contribution in [0.4, 0.5) is 0 Å². The molecule has 27 heavy (non-hydrogen) atoms. The molecule has 3 heterocycles. The molecular formula is C20H19N3O4. The highest BCUT2D eigenvalue weighted by atomic mass is 16.5. The fraction of sp³-hybridized carbons (Fsp3) is 0.150. The number of pyridine rings is 1. The Morgan fingerprint density at radius 3 is 3.04 bits per heavy atom. The van der Waals surface area contributed by atoms with Gasteiger partial charge < -0.3 is 19.5 Å². The second-order valence-corrected chi connectivity index (χ2v) is 5.62. The van der Waals surface area contributed by atoms with Gasteiger partial charge in [-0.2, -0.15) is 0 Å². The lowest BCUT2D eigenvalue weighted by molar-refractivity contribution is -0.133. The Labute approximate surface area is 157 Å². The standard InChI is InChI=1S/C20H19N3O4/c24-20(25)18-13-17-14-23(18)11-10-21-15-26-12-5-3-1-2-4-7-16-8-6-9-22-19(16)27-17/h1-11,13,15,17H,12,14H2,(H,24,25)/b2-1-,5-3-,7-4-,11-10-,21-15-. The second-order valence-electron chi connectivity index (χ2n) is 5.62. The van der Waals surface area contributed by atoms with Crippen molar-refractivity contribution in [2.75, 3.05) is 13.2 Å². The van der Waals surface area contributed by atoms with Gasteiger partial charge in [-0.15, -0.1) is 0 Å². The zero-order valence-electron chi connectivity index (χ0n) is 14.5. The van der Waals surface area contributed by atoms with Crippen molar-refractivity contribution in [3.05, 3.63) is 78.4 Å². The van der Waals surface area contributed by atoms with Crippen molar-refractivity contribution in [2.45, 2.75) is 6.10 Å². The Kier molecular flexibility index (Phi) is 6.19. The van der Waals surface area contributed by atoms with Crippen molar-refractivity contribution in [3.63, 3.8) is 0 Å². The largest absolute Gasteiger partial charge is 0.479 e. The molecule has 0 fully saturated rings. The summed E-state index contributed by atoms with van der Waals surface area (Å²) in [4.78, 5) is 21.3. The number of aromatic nitrogens is 1. The van der Waals surface area contributed by atoms with Gasteiger partial charge in [0.1, 0.15) is 18.4 Å². The van der Waals surface area contributed by atoms with Gasteiger partial charge in [0.15, 0.2) is 6.40 Å². The first-order valence-electron chi connectivity index (χ1n) is 8.37. The molecule has 0 saturated heterocycles. The molecule has 0 radical (unpaired) electrons. The Morgan fingerprint density at radius 1 is 1.26 bits per heavy atom. The van der Waals surface area contributed by atoms with E-state index in [9.17, 15) is 9.90 Å². The van der Waals surface area contributed by atoms with Gasteiger partial charge in [0.2, 0.25) is 5.88 Å². The van der Waals surface area contributed by atoms with Crippen molar-refractivity contribution in [1.29, 1.82) is 0 Å². The SMILES string of the molecule is O=C(O)C1=CC2CN1/C=C\N=C/OC\C=C/C=C\C=C/c1cccnc1O2. The van der Waals surface area contributed by atoms with E-state index in [0.29, 0.717) is 19.0 Å². The van der Waals surface area contributed by atoms with Gasteiger partial charge in [0.25, 0.3) is 0 Å². The van der Waals surface area contributed by atoms with E-state index in [4.69, 9.17) is 9.47 Å². The van der Waals surface area contributed by atoms with Gasteiger partial charge in [0, 0.05) is 24.2 Å². The van der Waals surface area contributed by atoms with E-state index in [-0.39, 0.29) is 5.70 Å². The monoisotopic (exact) mass is 365 g/mol. The van der Waals surface area contributed by atoms with E-state index in [1.807, 2.05) is 48.6 Å². The molecule has 0 amide bonds. The van der Waals surface area contributed by atoms with Crippen LogP contribution in [0.1, 0.15) is 5.56 Å². The number of carboxylic acid groups (broad SMARTS) is 1. The lowest BCUT2D eigenvalue weighted by Gasteiger charge is -2.17. The molecule has 2 bridgehead atoms. The van der Waals surface area contributed by atoms with Crippen LogP contribution in [0.25, 0.3) is 6.08 Å². The first-order chi connectivity index (χ1) is 13.2. The number of carbonyl (C=O) groups is 1. The Balaban J connectivity index is 1.88. The average Bonchev–Trinajstić information content (AvgIpc) is 3.06. The summed E-state index contributed by atoms with van der Waals surface area (Å²) in [5.41, 5.74) is 0.934. The number of allylic oxidation sites excluding steroid dienone is 4. The lowest BCUT2D eigenvalue weighted by atomic mass is 10.2. The molecule has 138 valence electrons. The van der Waals surface area contributed by atoms with E-state index in [0.717, 1.165) is 5.56 Å². The van der Waals surface area contributed by atoms with E-state index < -0.39 is 12.1 Å². The van der Waals surface area contributed by atoms with Gasteiger partial charge in [0.05, 0.1) is 6.54 Å². The van der Waals surface area contributed by atoms with Crippen LogP contribution in [0.3, 0.4) is 0 Å². The average molecular weight is 365 g/mol. The molecule has 0 spiro atoms. The summed E-state index contributed by atoms with van der Waals surface area (Å²) in [7, 11) is 0. The number of aliphatic carboxylic acids is 1. The minimum Gasteiger partial charge on any atom is -0.479 e. The minimum absolute atomic E-state index is 0.129. The molecule has 1 unspecified atom stereocenters. The van der Waals surface area contributed by atoms with Crippen molar-refractivity contribution in [1.82, 2.24) is 9.88 Å². The zero-order chi connectivity index (χ0) is 18.9. The van der Waals surface area contributed by atoms with Gasteiger partial charge in [-0.05, 0) is 30.4 Å². The van der Waals surface area contributed by atoms with Gasteiger partial charge in [-0.1, -0.05) is 24.3 Å². The van der Waals surface area contributed by atoms with Gasteiger partial charge in [-0.3, -0.25) is 0 Å². The summed E-state index contributed by atoms with van der Waals surface area (Å²) in [5.74, 6) is -0.588. The molecule has 7 heteroatoms. The first-order valence-corrected chi connectivity index (χ1v) is 8.37. The topological polar surface area (TPSA) is 84.2 Å². The van der Waals surface area contributed by atoms with Crippen LogP contribution in [-0.4, -0.2) is 46.6 Å². The van der Waals surface area contributed by atoms with E-state index in [1.54, 1.807) is 23.4 Å². The van der Waals surface area contributed by atoms with E-state index in [1.165, 1.54) is 12.6 Å². The maximum atomic E-state index is 11.5. The van der Waals surface area contributed by atoms with Crippen LogP contribution in [0, 0.1) is 0 Å². The third kappa shape index (κ3) is 5.18. The molecule has 0 aliphatic carbocycles. The van der Waals surface area contributed by atoms with Crippen molar-refractivity contribution in [3.8, 4) is 5.88 Å². The van der Waals surface area contributed by atoms with Crippen molar-refractivity contribution in [2.24, 2.45) is 4.99 Å². The second kappa shape index (κ2) is 9.19. The number of nitrogens with zero attached hydrogens (tertiary/aromatic N) is 3. The molecule has 0 saturated carbocycles. The van der Waals surface area contributed by atoms with Crippen LogP contribution in [0.5, 0.6) is 5.88 Å². The third-order valence-electron chi connectivity index (χ3n) is 3.72. The predicted molar refractivity (Wildman–Crippen MR) is 102 cm³/mol. The zero-order valence-corrected chi connectivity index (χ0v) is 14.5. The predicted octanol–water partition coefficient (Wildman–Crippen LogP) is 2.77. The molecule has 7 nitrogen and oxygen atoms in total. The third-order valence-corrected chi connectivity index (χ3v) is 3.72. The molecule has 2 aliphatic rings. The summed E-state index contributed by atoms with van der Waals surface area (Å²) >= 11 is 0. The van der Waals surface area contributed by atoms with Crippen LogP contribution in [-0.2, 0) is 9.53 Å². The number of fused-ring (bicyclic) bond motifs is 3. The molecule has 2 aliphatic heterocycles. The highest BCUT2D eigenvalue weighted by Gasteiger charge is 2.28. The molecule has 1 atom stereocenters. The van der Waals surface area contributed by atoms with E-state index >= 15 is 0 Å². The molecule has 1 aromatic rings. The van der Waals surface area contributed by atoms with E-state index in [2.05, 4.69) is 9.98 Å². The van der Waals surface area contributed by atoms with Gasteiger partial charge in [-0.25, -0.2) is 14.8 Å². The van der Waals surface area contributed by atoms with Crippen molar-refractivity contribution >= 4 is 18.4 Å². The van der Waals surface area contributed by atoms with Crippen molar-refractivity contribution < 1.29 is 19.4 Å². The Morgan fingerprint density at radius 2 is 2.15 bits per heavy atom. The lowest BCUT2D eigenvalue weighted by Crippen LogP contribution is -2.25. The number of hydrogen-bond donors (Lipinski definition) is 1. The molecule has 3 rings (SSSR count). The summed E-state index contributed by atoms with van der Waals surface area (Å²) in [6.07, 6.45) is 18.3.